The first kappa shape index (κ1) is 33.0. The summed E-state index contributed by atoms with van der Waals surface area (Å²) in [4.78, 5) is 0. The van der Waals surface area contributed by atoms with Crippen molar-refractivity contribution in [2.45, 2.75) is 83.1 Å². The lowest BCUT2D eigenvalue weighted by molar-refractivity contribution is 0.406. The van der Waals surface area contributed by atoms with E-state index in [1.165, 1.54) is 66.8 Å². The van der Waals surface area contributed by atoms with Gasteiger partial charge < -0.3 is 18.9 Å². The number of ether oxygens (including phenoxy) is 4. The second-order valence-electron chi connectivity index (χ2n) is 12.4. The molecule has 0 aliphatic carbocycles. The zero-order valence-corrected chi connectivity index (χ0v) is 29.8. The summed E-state index contributed by atoms with van der Waals surface area (Å²) in [5, 5.41) is 0. The first-order valence-electron chi connectivity index (χ1n) is 15.4. The lowest BCUT2D eigenvalue weighted by Crippen LogP contribution is -2.08. The van der Waals surface area contributed by atoms with Gasteiger partial charge in [-0.1, -0.05) is 0 Å². The molecule has 0 atom stereocenters. The maximum absolute atomic E-state index is 6.46. The van der Waals surface area contributed by atoms with Crippen LogP contribution in [0.1, 0.15) is 66.8 Å². The van der Waals surface area contributed by atoms with E-state index in [2.05, 4.69) is 95.2 Å². The predicted octanol–water partition coefficient (Wildman–Crippen LogP) is 10.4. The summed E-state index contributed by atoms with van der Waals surface area (Å²) < 4.78 is 25.0. The average Bonchev–Trinajstić information content (AvgIpc) is 3.01. The molecule has 0 fully saturated rings. The lowest BCUT2D eigenvalue weighted by atomic mass is 9.79. The molecule has 0 heterocycles. The van der Waals surface area contributed by atoms with Crippen molar-refractivity contribution in [2.24, 2.45) is 0 Å². The maximum Gasteiger partial charge on any atom is 0.135 e. The van der Waals surface area contributed by atoms with E-state index in [0.29, 0.717) is 0 Å². The third-order valence-electron chi connectivity index (χ3n) is 10.5. The van der Waals surface area contributed by atoms with E-state index in [1.54, 1.807) is 28.4 Å². The Balaban J connectivity index is 2.31. The molecule has 4 rings (SSSR count). The van der Waals surface area contributed by atoms with Gasteiger partial charge in [-0.2, -0.15) is 0 Å². The zero-order valence-electron chi connectivity index (χ0n) is 29.8. The summed E-state index contributed by atoms with van der Waals surface area (Å²) in [5.74, 6) is 3.35. The highest BCUT2D eigenvalue weighted by Gasteiger charge is 2.31. The minimum Gasteiger partial charge on any atom is -0.496 e. The van der Waals surface area contributed by atoms with Crippen LogP contribution in [0.4, 0.5) is 0 Å². The number of hydrogen-bond donors (Lipinski definition) is 0. The summed E-state index contributed by atoms with van der Waals surface area (Å²) in [6.07, 6.45) is 0. The molecule has 0 amide bonds. The molecule has 0 saturated carbocycles. The molecule has 44 heavy (non-hydrogen) atoms. The molecule has 0 saturated heterocycles. The Hall–Kier alpha value is -3.92. The van der Waals surface area contributed by atoms with E-state index in [9.17, 15) is 0 Å². The highest BCUT2D eigenvalue weighted by molar-refractivity contribution is 5.98. The van der Waals surface area contributed by atoms with Crippen molar-refractivity contribution in [1.82, 2.24) is 0 Å². The SMILES string of the molecule is COc1cc(C)c(C)c(C)c1-c1c(C)c(C)c(C)c(-c2c(C)c(C)c(C)c(-c3c(OC)cc(C)c(C)c3C)c2OC)c1OC. The Kier molecular flexibility index (Phi) is 9.17. The van der Waals surface area contributed by atoms with Crippen molar-refractivity contribution in [3.8, 4) is 56.4 Å². The van der Waals surface area contributed by atoms with Crippen LogP contribution in [0.15, 0.2) is 12.1 Å². The van der Waals surface area contributed by atoms with Crippen LogP contribution in [0.3, 0.4) is 0 Å². The fraction of sp³-hybridized carbons (Fsp3) is 0.400. The normalized spacial score (nSPS) is 11.2. The van der Waals surface area contributed by atoms with E-state index >= 15 is 0 Å². The molecule has 0 N–H and O–H groups in total. The van der Waals surface area contributed by atoms with Crippen molar-refractivity contribution >= 4 is 0 Å². The Labute approximate surface area is 265 Å². The van der Waals surface area contributed by atoms with Gasteiger partial charge in [0.1, 0.15) is 23.0 Å². The third kappa shape index (κ3) is 4.83. The lowest BCUT2D eigenvalue weighted by Gasteiger charge is -2.29. The van der Waals surface area contributed by atoms with Gasteiger partial charge in [-0.3, -0.25) is 0 Å². The van der Waals surface area contributed by atoms with Crippen molar-refractivity contribution < 1.29 is 18.9 Å². The largest absolute Gasteiger partial charge is 0.496 e. The van der Waals surface area contributed by atoms with Crippen molar-refractivity contribution in [2.75, 3.05) is 28.4 Å². The van der Waals surface area contributed by atoms with Crippen LogP contribution in [-0.2, 0) is 0 Å². The molecule has 0 bridgehead atoms. The average molecular weight is 595 g/mol. The van der Waals surface area contributed by atoms with Crippen molar-refractivity contribution in [1.29, 1.82) is 0 Å². The predicted molar refractivity (Wildman–Crippen MR) is 186 cm³/mol. The first-order chi connectivity index (χ1) is 20.7. The van der Waals surface area contributed by atoms with Gasteiger partial charge in [0.25, 0.3) is 0 Å². The Morgan fingerprint density at radius 2 is 0.545 bits per heavy atom. The molecular weight excluding hydrogens is 544 g/mol. The van der Waals surface area contributed by atoms with Gasteiger partial charge in [-0.25, -0.2) is 0 Å². The van der Waals surface area contributed by atoms with Crippen molar-refractivity contribution in [3.05, 3.63) is 78.9 Å². The van der Waals surface area contributed by atoms with Crippen LogP contribution in [0.5, 0.6) is 23.0 Å². The van der Waals surface area contributed by atoms with Gasteiger partial charge in [0.15, 0.2) is 0 Å². The van der Waals surface area contributed by atoms with Gasteiger partial charge in [0.2, 0.25) is 0 Å². The molecule has 4 aromatic rings. The highest BCUT2D eigenvalue weighted by atomic mass is 16.5. The smallest absolute Gasteiger partial charge is 0.135 e. The molecule has 0 aliphatic rings. The molecular formula is C40H50O4. The van der Waals surface area contributed by atoms with Gasteiger partial charge in [0, 0.05) is 33.4 Å². The minimum absolute atomic E-state index is 0.828. The van der Waals surface area contributed by atoms with Crippen LogP contribution in [0.2, 0.25) is 0 Å². The minimum atomic E-state index is 0.828. The van der Waals surface area contributed by atoms with Gasteiger partial charge in [-0.15, -0.1) is 0 Å². The molecule has 0 radical (unpaired) electrons. The second-order valence-corrected chi connectivity index (χ2v) is 12.4. The van der Waals surface area contributed by atoms with E-state index in [1.807, 2.05) is 0 Å². The number of aryl methyl sites for hydroxylation is 2. The van der Waals surface area contributed by atoms with Crippen LogP contribution in [0, 0.1) is 83.1 Å². The number of hydrogen-bond acceptors (Lipinski definition) is 4. The molecule has 234 valence electrons. The number of benzene rings is 4. The van der Waals surface area contributed by atoms with Crippen molar-refractivity contribution in [3.63, 3.8) is 0 Å². The highest BCUT2D eigenvalue weighted by Crippen LogP contribution is 2.55. The van der Waals surface area contributed by atoms with Gasteiger partial charge in [-0.05, 0) is 162 Å². The van der Waals surface area contributed by atoms with Crippen LogP contribution < -0.4 is 18.9 Å². The second kappa shape index (κ2) is 12.2. The standard InChI is InChI=1S/C40H50O4/c1-19-17-31(41-13)33(25(7)21(19)3)35-27(9)23(5)29(11)37(39(35)43-15)38-30(12)24(6)28(10)36(40(38)44-16)34-26(8)22(4)20(2)18-32(34)42-14/h17-18H,1-16H3. The van der Waals surface area contributed by atoms with E-state index in [4.69, 9.17) is 18.9 Å². The third-order valence-corrected chi connectivity index (χ3v) is 10.5. The monoisotopic (exact) mass is 594 g/mol. The molecule has 4 aromatic carbocycles. The molecule has 0 aliphatic heterocycles. The molecule has 4 nitrogen and oxygen atoms in total. The summed E-state index contributed by atoms with van der Waals surface area (Å²) in [7, 11) is 7.05. The first-order valence-corrected chi connectivity index (χ1v) is 15.4. The van der Waals surface area contributed by atoms with Crippen LogP contribution >= 0.6 is 0 Å². The van der Waals surface area contributed by atoms with Crippen LogP contribution in [0.25, 0.3) is 33.4 Å². The Morgan fingerprint density at radius 3 is 0.795 bits per heavy atom. The fourth-order valence-corrected chi connectivity index (χ4v) is 6.89. The number of rotatable bonds is 7. The zero-order chi connectivity index (χ0) is 32.9. The van der Waals surface area contributed by atoms with E-state index < -0.39 is 0 Å². The molecule has 4 heteroatoms. The summed E-state index contributed by atoms with van der Waals surface area (Å²) >= 11 is 0. The summed E-state index contributed by atoms with van der Waals surface area (Å²) in [5.41, 5.74) is 20.8. The molecule has 0 spiro atoms. The molecule has 0 aromatic heterocycles. The maximum atomic E-state index is 6.46. The van der Waals surface area contributed by atoms with E-state index in [-0.39, 0.29) is 0 Å². The Bertz CT molecular complexity index is 1670. The topological polar surface area (TPSA) is 36.9 Å². The van der Waals surface area contributed by atoms with Crippen LogP contribution in [-0.4, -0.2) is 28.4 Å². The number of methoxy groups -OCH3 is 4. The van der Waals surface area contributed by atoms with E-state index in [0.717, 1.165) is 56.4 Å². The molecule has 0 unspecified atom stereocenters. The Morgan fingerprint density at radius 1 is 0.295 bits per heavy atom. The quantitative estimate of drug-likeness (QED) is 0.213. The van der Waals surface area contributed by atoms with Gasteiger partial charge >= 0.3 is 0 Å². The summed E-state index contributed by atoms with van der Waals surface area (Å²) in [6.45, 7) is 26.2. The van der Waals surface area contributed by atoms with Gasteiger partial charge in [0.05, 0.1) is 28.4 Å². The summed E-state index contributed by atoms with van der Waals surface area (Å²) in [6, 6.07) is 4.28. The fourth-order valence-electron chi connectivity index (χ4n) is 6.89.